The van der Waals surface area contributed by atoms with Crippen molar-refractivity contribution in [2.24, 2.45) is 0 Å². The normalized spacial score (nSPS) is 10.2. The first-order chi connectivity index (χ1) is 10.1. The molecular formula is C16H14ClFN2O. The average molecular weight is 305 g/mol. The third-order valence-corrected chi connectivity index (χ3v) is 3.29. The molecule has 0 saturated carbocycles. The molecule has 0 aromatic heterocycles. The van der Waals surface area contributed by atoms with E-state index in [0.29, 0.717) is 22.7 Å². The molecule has 0 aliphatic rings. The fraction of sp³-hybridized carbons (Fsp3) is 0.188. The monoisotopic (exact) mass is 304 g/mol. The Balaban J connectivity index is 2.08. The van der Waals surface area contributed by atoms with Gasteiger partial charge in [0.15, 0.2) is 11.6 Å². The highest BCUT2D eigenvalue weighted by Crippen LogP contribution is 2.23. The van der Waals surface area contributed by atoms with Gasteiger partial charge in [-0.05, 0) is 36.9 Å². The summed E-state index contributed by atoms with van der Waals surface area (Å²) >= 11 is 6.05. The van der Waals surface area contributed by atoms with E-state index < -0.39 is 5.82 Å². The van der Waals surface area contributed by atoms with Crippen molar-refractivity contribution in [1.82, 2.24) is 5.32 Å². The van der Waals surface area contributed by atoms with Crippen molar-refractivity contribution in [3.63, 3.8) is 0 Å². The predicted octanol–water partition coefficient (Wildman–Crippen LogP) is 3.65. The molecule has 5 heteroatoms. The van der Waals surface area contributed by atoms with Gasteiger partial charge in [-0.25, -0.2) is 4.39 Å². The van der Waals surface area contributed by atoms with Gasteiger partial charge in [0.25, 0.3) is 0 Å². The number of rotatable bonds is 5. The SMILES string of the molecule is CNCc1ccc(OCc2ccc(C#N)cc2Cl)c(F)c1. The highest BCUT2D eigenvalue weighted by Gasteiger charge is 2.07. The van der Waals surface area contributed by atoms with Gasteiger partial charge < -0.3 is 10.1 Å². The minimum atomic E-state index is -0.410. The zero-order valence-electron chi connectivity index (χ0n) is 11.5. The van der Waals surface area contributed by atoms with Gasteiger partial charge in [-0.1, -0.05) is 23.7 Å². The minimum absolute atomic E-state index is 0.146. The van der Waals surface area contributed by atoms with E-state index in [0.717, 1.165) is 5.56 Å². The van der Waals surface area contributed by atoms with Crippen LogP contribution in [0.5, 0.6) is 5.75 Å². The van der Waals surface area contributed by atoms with Crippen LogP contribution in [-0.2, 0) is 13.2 Å². The van der Waals surface area contributed by atoms with E-state index in [4.69, 9.17) is 21.6 Å². The maximum absolute atomic E-state index is 13.9. The Morgan fingerprint density at radius 1 is 1.29 bits per heavy atom. The fourth-order valence-electron chi connectivity index (χ4n) is 1.86. The van der Waals surface area contributed by atoms with Crippen LogP contribution in [0.2, 0.25) is 5.02 Å². The van der Waals surface area contributed by atoms with Crippen molar-refractivity contribution in [2.75, 3.05) is 7.05 Å². The van der Waals surface area contributed by atoms with E-state index in [1.54, 1.807) is 37.4 Å². The lowest BCUT2D eigenvalue weighted by Gasteiger charge is -2.10. The molecule has 2 rings (SSSR count). The summed E-state index contributed by atoms with van der Waals surface area (Å²) in [4.78, 5) is 0. The quantitative estimate of drug-likeness (QED) is 0.917. The van der Waals surface area contributed by atoms with Gasteiger partial charge in [-0.15, -0.1) is 0 Å². The van der Waals surface area contributed by atoms with Gasteiger partial charge in [0.1, 0.15) is 6.61 Å². The number of halogens is 2. The number of nitrogens with zero attached hydrogens (tertiary/aromatic N) is 1. The second kappa shape index (κ2) is 7.07. The van der Waals surface area contributed by atoms with Crippen LogP contribution in [0.25, 0.3) is 0 Å². The maximum atomic E-state index is 13.9. The van der Waals surface area contributed by atoms with Crippen molar-refractivity contribution >= 4 is 11.6 Å². The summed E-state index contributed by atoms with van der Waals surface area (Å²) in [5.41, 5.74) is 2.03. The molecule has 0 atom stereocenters. The molecule has 2 aromatic rings. The highest BCUT2D eigenvalue weighted by atomic mass is 35.5. The van der Waals surface area contributed by atoms with Crippen LogP contribution in [0.3, 0.4) is 0 Å². The van der Waals surface area contributed by atoms with Crippen LogP contribution in [0.4, 0.5) is 4.39 Å². The van der Waals surface area contributed by atoms with Gasteiger partial charge in [-0.3, -0.25) is 0 Å². The lowest BCUT2D eigenvalue weighted by Crippen LogP contribution is -2.06. The second-order valence-electron chi connectivity index (χ2n) is 4.50. The Kier molecular flexibility index (Phi) is 5.15. The second-order valence-corrected chi connectivity index (χ2v) is 4.91. The van der Waals surface area contributed by atoms with E-state index in [2.05, 4.69) is 5.32 Å². The summed E-state index contributed by atoms with van der Waals surface area (Å²) in [6.45, 7) is 0.742. The van der Waals surface area contributed by atoms with Crippen LogP contribution in [-0.4, -0.2) is 7.05 Å². The minimum Gasteiger partial charge on any atom is -0.486 e. The number of nitriles is 1. The molecule has 21 heavy (non-hydrogen) atoms. The van der Waals surface area contributed by atoms with Crippen LogP contribution >= 0.6 is 11.6 Å². The van der Waals surface area contributed by atoms with Crippen molar-refractivity contribution in [2.45, 2.75) is 13.2 Å². The summed E-state index contributed by atoms with van der Waals surface area (Å²) in [7, 11) is 1.80. The Hall–Kier alpha value is -2.09. The third-order valence-electron chi connectivity index (χ3n) is 2.94. The zero-order chi connectivity index (χ0) is 15.2. The van der Waals surface area contributed by atoms with Gasteiger partial charge in [0, 0.05) is 17.1 Å². The molecule has 0 bridgehead atoms. The van der Waals surface area contributed by atoms with Crippen molar-refractivity contribution < 1.29 is 9.13 Å². The largest absolute Gasteiger partial charge is 0.486 e. The van der Waals surface area contributed by atoms with E-state index in [1.165, 1.54) is 6.07 Å². The predicted molar refractivity (Wildman–Crippen MR) is 79.7 cm³/mol. The van der Waals surface area contributed by atoms with Crippen LogP contribution in [0, 0.1) is 17.1 Å². The molecule has 0 saturated heterocycles. The number of hydrogen-bond donors (Lipinski definition) is 1. The molecule has 0 heterocycles. The van der Waals surface area contributed by atoms with Gasteiger partial charge in [-0.2, -0.15) is 5.26 Å². The molecule has 0 fully saturated rings. The van der Waals surface area contributed by atoms with Crippen LogP contribution < -0.4 is 10.1 Å². The topological polar surface area (TPSA) is 45.0 Å². The Morgan fingerprint density at radius 2 is 2.10 bits per heavy atom. The molecule has 108 valence electrons. The molecule has 3 nitrogen and oxygen atoms in total. The van der Waals surface area contributed by atoms with Crippen LogP contribution in [0.1, 0.15) is 16.7 Å². The van der Waals surface area contributed by atoms with Crippen molar-refractivity contribution in [3.8, 4) is 11.8 Å². The fourth-order valence-corrected chi connectivity index (χ4v) is 2.10. The number of hydrogen-bond acceptors (Lipinski definition) is 3. The molecule has 1 N–H and O–H groups in total. The Labute approximate surface area is 127 Å². The Morgan fingerprint density at radius 3 is 2.71 bits per heavy atom. The third kappa shape index (κ3) is 3.94. The van der Waals surface area contributed by atoms with Crippen LogP contribution in [0.15, 0.2) is 36.4 Å². The number of benzene rings is 2. The molecule has 0 aliphatic carbocycles. The molecular weight excluding hydrogens is 291 g/mol. The molecule has 0 amide bonds. The van der Waals surface area contributed by atoms with E-state index in [1.807, 2.05) is 6.07 Å². The maximum Gasteiger partial charge on any atom is 0.165 e. The van der Waals surface area contributed by atoms with Gasteiger partial charge in [0.2, 0.25) is 0 Å². The summed E-state index contributed by atoms with van der Waals surface area (Å²) in [5, 5.41) is 12.2. The molecule has 0 radical (unpaired) electrons. The smallest absolute Gasteiger partial charge is 0.165 e. The highest BCUT2D eigenvalue weighted by molar-refractivity contribution is 6.31. The lowest BCUT2D eigenvalue weighted by atomic mass is 10.1. The average Bonchev–Trinajstić information content (AvgIpc) is 2.48. The molecule has 0 spiro atoms. The number of nitrogens with one attached hydrogen (secondary N) is 1. The summed E-state index contributed by atoms with van der Waals surface area (Å²) < 4.78 is 19.3. The van der Waals surface area contributed by atoms with E-state index >= 15 is 0 Å². The van der Waals surface area contributed by atoms with Gasteiger partial charge in [0.05, 0.1) is 11.6 Å². The molecule has 0 unspecified atom stereocenters. The van der Waals surface area contributed by atoms with Gasteiger partial charge >= 0.3 is 0 Å². The first-order valence-electron chi connectivity index (χ1n) is 6.38. The first-order valence-corrected chi connectivity index (χ1v) is 6.76. The summed E-state index contributed by atoms with van der Waals surface area (Å²) in [6, 6.07) is 11.8. The number of ether oxygens (including phenoxy) is 1. The molecule has 0 aliphatic heterocycles. The van der Waals surface area contributed by atoms with Crippen molar-refractivity contribution in [1.29, 1.82) is 5.26 Å². The lowest BCUT2D eigenvalue weighted by molar-refractivity contribution is 0.290. The standard InChI is InChI=1S/C16H14ClFN2O/c1-20-9-12-3-5-16(15(18)7-12)21-10-13-4-2-11(8-19)6-14(13)17/h2-7,20H,9-10H2,1H3. The Bertz CT molecular complexity index is 682. The summed E-state index contributed by atoms with van der Waals surface area (Å²) in [6.07, 6.45) is 0. The van der Waals surface area contributed by atoms with E-state index in [-0.39, 0.29) is 12.4 Å². The first kappa shape index (κ1) is 15.3. The van der Waals surface area contributed by atoms with E-state index in [9.17, 15) is 4.39 Å². The summed E-state index contributed by atoms with van der Waals surface area (Å²) in [5.74, 6) is -0.234. The molecule has 2 aromatic carbocycles. The zero-order valence-corrected chi connectivity index (χ0v) is 12.2. The van der Waals surface area contributed by atoms with Crippen molar-refractivity contribution in [3.05, 3.63) is 63.9 Å².